The minimum Gasteiger partial charge on any atom is -0.468 e. The molecule has 8 heteroatoms. The second-order valence-electron chi connectivity index (χ2n) is 6.26. The van der Waals surface area contributed by atoms with Crippen molar-refractivity contribution in [3.8, 4) is 0 Å². The maximum atomic E-state index is 13.0. The van der Waals surface area contributed by atoms with Crippen LogP contribution < -0.4 is 5.56 Å². The molecule has 3 rings (SSSR count). The van der Waals surface area contributed by atoms with E-state index in [0.717, 1.165) is 0 Å². The number of hydrogen-bond donors (Lipinski definition) is 0. The zero-order valence-electron chi connectivity index (χ0n) is 15.8. The summed E-state index contributed by atoms with van der Waals surface area (Å²) in [4.78, 5) is 41.2. The molecule has 0 saturated carbocycles. The van der Waals surface area contributed by atoms with Crippen LogP contribution >= 0.6 is 11.8 Å². The number of hydrogen-bond acceptors (Lipinski definition) is 6. The molecular formula is C21H19FN2O4S. The number of aromatic nitrogens is 2. The molecule has 3 aromatic rings. The van der Waals surface area contributed by atoms with E-state index in [0.29, 0.717) is 33.8 Å². The van der Waals surface area contributed by atoms with Gasteiger partial charge in [0.25, 0.3) is 5.56 Å². The standard InChI is InChI=1S/C21H19FN2O4S/c1-28-19(26)13-24-20(27)16-5-2-3-6-17(16)23-21(24)29-12-4-7-18(25)14-8-10-15(22)11-9-14/h2-3,5-6,8-11H,4,7,12-13H2,1H3. The lowest BCUT2D eigenvalue weighted by atomic mass is 10.1. The topological polar surface area (TPSA) is 78.3 Å². The Morgan fingerprint density at radius 3 is 2.59 bits per heavy atom. The Bertz CT molecular complexity index is 1100. The molecule has 0 aliphatic carbocycles. The fourth-order valence-corrected chi connectivity index (χ4v) is 3.70. The molecule has 1 heterocycles. The fourth-order valence-electron chi connectivity index (χ4n) is 2.77. The summed E-state index contributed by atoms with van der Waals surface area (Å²) in [5.41, 5.74) is 0.692. The molecule has 2 aromatic carbocycles. The van der Waals surface area contributed by atoms with Gasteiger partial charge < -0.3 is 4.74 Å². The Morgan fingerprint density at radius 2 is 1.86 bits per heavy atom. The van der Waals surface area contributed by atoms with Crippen LogP contribution in [0.3, 0.4) is 0 Å². The molecule has 0 unspecified atom stereocenters. The lowest BCUT2D eigenvalue weighted by Gasteiger charge is -2.12. The molecular weight excluding hydrogens is 395 g/mol. The van der Waals surface area contributed by atoms with Crippen LogP contribution in [0.15, 0.2) is 58.5 Å². The Hall–Kier alpha value is -3.00. The number of esters is 1. The summed E-state index contributed by atoms with van der Waals surface area (Å²) < 4.78 is 18.9. The van der Waals surface area contributed by atoms with E-state index in [1.54, 1.807) is 24.3 Å². The average molecular weight is 414 g/mol. The van der Waals surface area contributed by atoms with Crippen molar-refractivity contribution >= 4 is 34.4 Å². The Balaban J connectivity index is 1.72. The van der Waals surface area contributed by atoms with Crippen LogP contribution in [-0.2, 0) is 16.1 Å². The number of rotatable bonds is 8. The zero-order valence-corrected chi connectivity index (χ0v) is 16.6. The predicted octanol–water partition coefficient (Wildman–Crippen LogP) is 3.46. The van der Waals surface area contributed by atoms with Crippen molar-refractivity contribution in [3.05, 3.63) is 70.3 Å². The van der Waals surface area contributed by atoms with Crippen LogP contribution in [0.4, 0.5) is 4.39 Å². The Kier molecular flexibility index (Phi) is 6.77. The van der Waals surface area contributed by atoms with Gasteiger partial charge in [-0.15, -0.1) is 0 Å². The fraction of sp³-hybridized carbons (Fsp3) is 0.238. The molecule has 0 spiro atoms. The van der Waals surface area contributed by atoms with Crippen molar-refractivity contribution in [1.29, 1.82) is 0 Å². The molecule has 0 amide bonds. The first-order valence-electron chi connectivity index (χ1n) is 8.97. The van der Waals surface area contributed by atoms with Crippen molar-refractivity contribution in [1.82, 2.24) is 9.55 Å². The van der Waals surface area contributed by atoms with Gasteiger partial charge in [0, 0.05) is 17.7 Å². The number of nitrogens with zero attached hydrogens (tertiary/aromatic N) is 2. The molecule has 29 heavy (non-hydrogen) atoms. The van der Waals surface area contributed by atoms with Crippen molar-refractivity contribution in [2.75, 3.05) is 12.9 Å². The summed E-state index contributed by atoms with van der Waals surface area (Å²) in [5, 5.41) is 0.820. The highest BCUT2D eigenvalue weighted by molar-refractivity contribution is 7.99. The summed E-state index contributed by atoms with van der Waals surface area (Å²) in [7, 11) is 1.26. The number of thioether (sulfide) groups is 1. The maximum absolute atomic E-state index is 13.0. The molecule has 0 aliphatic rings. The summed E-state index contributed by atoms with van der Waals surface area (Å²) in [5.74, 6) is -0.483. The average Bonchev–Trinajstić information content (AvgIpc) is 2.73. The van der Waals surface area contributed by atoms with E-state index in [2.05, 4.69) is 9.72 Å². The molecule has 0 N–H and O–H groups in total. The van der Waals surface area contributed by atoms with Crippen LogP contribution in [0.25, 0.3) is 10.9 Å². The van der Waals surface area contributed by atoms with Gasteiger partial charge >= 0.3 is 5.97 Å². The molecule has 0 radical (unpaired) electrons. The summed E-state index contributed by atoms with van der Waals surface area (Å²) in [6, 6.07) is 12.4. The number of Topliss-reactive ketones (excluding diaryl/α,β-unsaturated/α-hetero) is 1. The van der Waals surface area contributed by atoms with Gasteiger partial charge in [0.1, 0.15) is 12.4 Å². The Morgan fingerprint density at radius 1 is 1.14 bits per heavy atom. The third-order valence-electron chi connectivity index (χ3n) is 4.29. The van der Waals surface area contributed by atoms with Gasteiger partial charge in [-0.2, -0.15) is 0 Å². The molecule has 0 bridgehead atoms. The number of ketones is 1. The van der Waals surface area contributed by atoms with Gasteiger partial charge in [-0.3, -0.25) is 19.0 Å². The summed E-state index contributed by atoms with van der Waals surface area (Å²) >= 11 is 1.30. The van der Waals surface area contributed by atoms with Crippen molar-refractivity contribution in [2.45, 2.75) is 24.5 Å². The van der Waals surface area contributed by atoms with Crippen LogP contribution in [0, 0.1) is 5.82 Å². The number of ether oxygens (including phenoxy) is 1. The highest BCUT2D eigenvalue weighted by Crippen LogP contribution is 2.20. The smallest absolute Gasteiger partial charge is 0.325 e. The lowest BCUT2D eigenvalue weighted by Crippen LogP contribution is -2.27. The quantitative estimate of drug-likeness (QED) is 0.185. The highest BCUT2D eigenvalue weighted by Gasteiger charge is 2.15. The third kappa shape index (κ3) is 5.08. The minimum atomic E-state index is -0.544. The van der Waals surface area contributed by atoms with Gasteiger partial charge in [-0.1, -0.05) is 23.9 Å². The largest absolute Gasteiger partial charge is 0.468 e. The van der Waals surface area contributed by atoms with Gasteiger partial charge in [-0.25, -0.2) is 9.37 Å². The normalized spacial score (nSPS) is 10.8. The van der Waals surface area contributed by atoms with E-state index in [9.17, 15) is 18.8 Å². The van der Waals surface area contributed by atoms with Gasteiger partial charge in [-0.05, 0) is 42.8 Å². The third-order valence-corrected chi connectivity index (χ3v) is 5.35. The van der Waals surface area contributed by atoms with Crippen molar-refractivity contribution in [2.24, 2.45) is 0 Å². The molecule has 1 aromatic heterocycles. The van der Waals surface area contributed by atoms with Gasteiger partial charge in [0.15, 0.2) is 10.9 Å². The van der Waals surface area contributed by atoms with Crippen LogP contribution in [0.5, 0.6) is 0 Å². The van der Waals surface area contributed by atoms with Crippen LogP contribution in [0.1, 0.15) is 23.2 Å². The van der Waals surface area contributed by atoms with E-state index >= 15 is 0 Å². The number of carbonyl (C=O) groups excluding carboxylic acids is 2. The number of methoxy groups -OCH3 is 1. The maximum Gasteiger partial charge on any atom is 0.325 e. The first-order chi connectivity index (χ1) is 14.0. The van der Waals surface area contributed by atoms with Crippen molar-refractivity contribution in [3.63, 3.8) is 0 Å². The number of fused-ring (bicyclic) bond motifs is 1. The second kappa shape index (κ2) is 9.47. The molecule has 0 aliphatic heterocycles. The van der Waals surface area contributed by atoms with E-state index in [1.165, 1.54) is 47.7 Å². The number of para-hydroxylation sites is 1. The minimum absolute atomic E-state index is 0.0796. The predicted molar refractivity (Wildman–Crippen MR) is 109 cm³/mol. The van der Waals surface area contributed by atoms with Gasteiger partial charge in [0.05, 0.1) is 18.0 Å². The molecule has 0 atom stereocenters. The van der Waals surface area contributed by atoms with Gasteiger partial charge in [0.2, 0.25) is 0 Å². The van der Waals surface area contributed by atoms with Crippen molar-refractivity contribution < 1.29 is 18.7 Å². The van der Waals surface area contributed by atoms with E-state index < -0.39 is 5.97 Å². The molecule has 0 fully saturated rings. The number of benzene rings is 2. The summed E-state index contributed by atoms with van der Waals surface area (Å²) in [6.07, 6.45) is 0.829. The molecule has 0 saturated heterocycles. The van der Waals surface area contributed by atoms with E-state index in [1.807, 2.05) is 0 Å². The Labute approximate surface area is 170 Å². The number of carbonyl (C=O) groups is 2. The number of halogens is 1. The van der Waals surface area contributed by atoms with E-state index in [-0.39, 0.29) is 30.1 Å². The summed E-state index contributed by atoms with van der Waals surface area (Å²) in [6.45, 7) is -0.232. The van der Waals surface area contributed by atoms with Crippen LogP contribution in [0.2, 0.25) is 0 Å². The second-order valence-corrected chi connectivity index (χ2v) is 7.32. The SMILES string of the molecule is COC(=O)Cn1c(SCCCC(=O)c2ccc(F)cc2)nc2ccccc2c1=O. The first-order valence-corrected chi connectivity index (χ1v) is 9.96. The molecule has 150 valence electrons. The molecule has 6 nitrogen and oxygen atoms in total. The van der Waals surface area contributed by atoms with Crippen LogP contribution in [-0.4, -0.2) is 34.2 Å². The first kappa shape index (κ1) is 20.7. The van der Waals surface area contributed by atoms with E-state index in [4.69, 9.17) is 0 Å². The highest BCUT2D eigenvalue weighted by atomic mass is 32.2. The zero-order chi connectivity index (χ0) is 20.8. The lowest BCUT2D eigenvalue weighted by molar-refractivity contribution is -0.141. The monoisotopic (exact) mass is 414 g/mol.